The number of nitrogens with zero attached hydrogens (tertiary/aromatic N) is 1. The number of allylic oxidation sites excluding steroid dienone is 2. The molecule has 0 aromatic carbocycles. The zero-order valence-corrected chi connectivity index (χ0v) is 59.2. The number of aliphatic hydroxyl groups is 14. The smallest absolute Gasteiger partial charge is 0.317 e. The summed E-state index contributed by atoms with van der Waals surface area (Å²) in [4.78, 5) is 43.7. The summed E-state index contributed by atoms with van der Waals surface area (Å²) in [6.45, 7) is 19.2. The maximum Gasteiger partial charge on any atom is 0.317 e. The second-order valence-electron chi connectivity index (χ2n) is 32.5. The van der Waals surface area contributed by atoms with Crippen molar-refractivity contribution in [1.29, 1.82) is 0 Å². The minimum atomic E-state index is -2.19. The van der Waals surface area contributed by atoms with E-state index in [2.05, 4.69) is 51.2 Å². The van der Waals surface area contributed by atoms with Crippen molar-refractivity contribution in [3.05, 3.63) is 11.6 Å². The molecular weight excluding hydrogens is 1300 g/mol. The molecule has 0 aromatic rings. The highest BCUT2D eigenvalue weighted by atomic mass is 16.8. The van der Waals surface area contributed by atoms with Crippen molar-refractivity contribution >= 4 is 24.1 Å². The third-order valence-electron chi connectivity index (χ3n) is 25.8. The number of oxime groups is 1. The monoisotopic (exact) mass is 1420 g/mol. The summed E-state index contributed by atoms with van der Waals surface area (Å²) in [6, 6.07) is -1.64. The number of ether oxygens (including phenoxy) is 9. The second-order valence-corrected chi connectivity index (χ2v) is 32.5. The number of amides is 1. The van der Waals surface area contributed by atoms with Crippen LogP contribution in [0.3, 0.4) is 0 Å². The molecule has 29 heteroatoms. The normalized spacial score (nSPS) is 46.2. The quantitative estimate of drug-likeness (QED) is 0.0147. The molecule has 0 spiro atoms. The van der Waals surface area contributed by atoms with Gasteiger partial charge in [0.1, 0.15) is 79.2 Å². The van der Waals surface area contributed by atoms with Crippen LogP contribution in [0.4, 0.5) is 0 Å². The minimum absolute atomic E-state index is 0.0305. The van der Waals surface area contributed by atoms with Crippen LogP contribution in [0.25, 0.3) is 0 Å². The van der Waals surface area contributed by atoms with Gasteiger partial charge in [-0.05, 0) is 116 Å². The van der Waals surface area contributed by atoms with Crippen molar-refractivity contribution in [3.63, 3.8) is 0 Å². The van der Waals surface area contributed by atoms with Crippen molar-refractivity contribution in [3.8, 4) is 0 Å². The zero-order chi connectivity index (χ0) is 73.0. The van der Waals surface area contributed by atoms with Crippen LogP contribution in [0.1, 0.15) is 172 Å². The largest absolute Gasteiger partial charge is 0.462 e. The fraction of sp³-hybridized carbons (Fsp3) is 0.914. The van der Waals surface area contributed by atoms with Gasteiger partial charge in [0.15, 0.2) is 18.7 Å². The van der Waals surface area contributed by atoms with E-state index in [1.54, 1.807) is 13.8 Å². The van der Waals surface area contributed by atoms with Gasteiger partial charge in [0.05, 0.1) is 81.5 Å². The maximum atomic E-state index is 15.9. The molecule has 29 nitrogen and oxygen atoms in total. The van der Waals surface area contributed by atoms with Gasteiger partial charge in [0.2, 0.25) is 18.0 Å². The number of rotatable bonds is 25. The van der Waals surface area contributed by atoms with Crippen LogP contribution in [0, 0.1) is 62.1 Å². The molecule has 0 aromatic heterocycles. The summed E-state index contributed by atoms with van der Waals surface area (Å²) in [6.07, 6.45) is -24.7. The van der Waals surface area contributed by atoms with Gasteiger partial charge in [-0.25, -0.2) is 0 Å². The third-order valence-corrected chi connectivity index (χ3v) is 25.8. The first-order valence-corrected chi connectivity index (χ1v) is 35.9. The number of nitrogens with one attached hydrogen (secondary N) is 1. The summed E-state index contributed by atoms with van der Waals surface area (Å²) in [5.74, 6) is -6.13. The van der Waals surface area contributed by atoms with Gasteiger partial charge in [0, 0.05) is 18.3 Å². The summed E-state index contributed by atoms with van der Waals surface area (Å²) in [7, 11) is 0. The molecule has 9 aliphatic rings. The summed E-state index contributed by atoms with van der Waals surface area (Å²) < 4.78 is 53.6. The zero-order valence-electron chi connectivity index (χ0n) is 59.2. The Morgan fingerprint density at radius 1 is 0.717 bits per heavy atom. The summed E-state index contributed by atoms with van der Waals surface area (Å²) >= 11 is 0. The van der Waals surface area contributed by atoms with E-state index in [0.29, 0.717) is 51.4 Å². The Labute approximate surface area is 579 Å². The fourth-order valence-electron chi connectivity index (χ4n) is 19.1. The second kappa shape index (κ2) is 31.1. The number of hydrogen-bond donors (Lipinski definition) is 16. The Morgan fingerprint density at radius 3 is 2.00 bits per heavy atom. The molecule has 5 aliphatic carbocycles. The van der Waals surface area contributed by atoms with Crippen LogP contribution < -0.4 is 5.32 Å². The van der Waals surface area contributed by atoms with Gasteiger partial charge in [-0.2, -0.15) is 0 Å². The molecule has 33 atom stereocenters. The molecule has 4 aliphatic heterocycles. The number of carbonyl (C=O) groups is 3. The molecule has 9 rings (SSSR count). The van der Waals surface area contributed by atoms with Gasteiger partial charge < -0.3 is 125 Å². The first kappa shape index (κ1) is 79.9. The van der Waals surface area contributed by atoms with E-state index in [-0.39, 0.29) is 54.3 Å². The van der Waals surface area contributed by atoms with E-state index in [4.69, 9.17) is 42.6 Å². The first-order chi connectivity index (χ1) is 46.4. The number of fused-ring (bicyclic) bond motifs is 7. The van der Waals surface area contributed by atoms with Crippen molar-refractivity contribution in [2.24, 2.45) is 67.2 Å². The lowest BCUT2D eigenvalue weighted by Gasteiger charge is -2.71. The molecule has 0 radical (unpaired) electrons. The van der Waals surface area contributed by atoms with Crippen molar-refractivity contribution < 1.29 is 134 Å². The molecular formula is C70H116N2O27. The molecule has 16 N–H and O–H groups in total. The Kier molecular flexibility index (Phi) is 25.1. The number of aliphatic hydroxyl groups excluding tert-OH is 13. The number of carbonyl (C=O) groups excluding carboxylic acids is 3. The van der Waals surface area contributed by atoms with Crippen LogP contribution in [-0.2, 0) is 57.0 Å². The molecule has 8 fully saturated rings. The molecule has 4 heterocycles. The Bertz CT molecular complexity index is 2820. The van der Waals surface area contributed by atoms with Gasteiger partial charge in [0.25, 0.3) is 0 Å². The number of hydrogen-bond acceptors (Lipinski definition) is 28. The van der Waals surface area contributed by atoms with Crippen LogP contribution in [0.15, 0.2) is 16.8 Å². The molecule has 15 unspecified atom stereocenters. The molecule has 568 valence electrons. The van der Waals surface area contributed by atoms with Gasteiger partial charge in [-0.3, -0.25) is 14.4 Å². The average Bonchev–Trinajstić information content (AvgIpc) is 1.05. The fourth-order valence-corrected chi connectivity index (χ4v) is 19.1. The predicted octanol–water partition coefficient (Wildman–Crippen LogP) is 0.454. The topological polar surface area (TPSA) is 462 Å². The molecule has 0 bridgehead atoms. The Morgan fingerprint density at radius 2 is 1.35 bits per heavy atom. The van der Waals surface area contributed by atoms with Crippen molar-refractivity contribution in [2.75, 3.05) is 26.4 Å². The van der Waals surface area contributed by atoms with E-state index >= 15 is 4.79 Å². The summed E-state index contributed by atoms with van der Waals surface area (Å²) in [5.41, 5.74) is -3.17. The van der Waals surface area contributed by atoms with Gasteiger partial charge in [-0.1, -0.05) is 93.7 Å². The van der Waals surface area contributed by atoms with Crippen LogP contribution >= 0.6 is 0 Å². The van der Waals surface area contributed by atoms with Crippen LogP contribution in [0.2, 0.25) is 0 Å². The molecule has 1 amide bonds. The van der Waals surface area contributed by atoms with E-state index < -0.39 is 231 Å². The summed E-state index contributed by atoms with van der Waals surface area (Å²) in [5, 5.41) is 173. The standard InChI is InChI=1S/C70H116N2O27/c1-12-33(3)41(94-50(81)25-37(76)23-42(34(4)13-2)99-70(89)32-92-44(29-74)59(70)87)22-36(75)24-49(80)72-51-43(28-73)95-62(58(53(51)83)97-61-56(86)54(84)57(35(5)93-61)96-60-55(85)52(82)40(77)30-91-60)98-63(88)69-21-20-64(6,7)26-39(69)38-14-15-46-65(8)18-17-47(78)66(9,31-71-90)45(65)16-19-67(46,10)68(38,11)27-48(69)79/h14,31,33-37,39-48,51-62,73-79,82-87,89-90H,12-13,15-30,32H2,1-11H3,(H,72,80)/b71-31+/t33-,34-,35?,36-,37-,39?,40+,41-,42-,43-,44-,45+,46?,47-,48?,51?,52?,53?,54?,55?,56?,57-,58?,59?,60-,61-,62-,65?,66+,67?,68+,69+,70?/m0/s1. The van der Waals surface area contributed by atoms with Crippen molar-refractivity contribution in [2.45, 2.75) is 313 Å². The van der Waals surface area contributed by atoms with E-state index in [1.807, 2.05) is 20.8 Å². The highest BCUT2D eigenvalue weighted by molar-refractivity contribution is 5.80. The minimum Gasteiger partial charge on any atom is -0.462 e. The molecule has 4 saturated carbocycles. The Hall–Kier alpha value is -3.22. The first-order valence-electron chi connectivity index (χ1n) is 35.9. The predicted molar refractivity (Wildman–Crippen MR) is 347 cm³/mol. The SMILES string of the molecule is CC[C@H](C)[C@H](C[C@H](O)CC(=O)NC1C(O)C(O[C@@H]2OC(C)[C@H](O[C@@H]3OC[C@@H](O)C(O)C3O)C(O)C2O)[C@H](OC(=O)[C@]23CCC(C)(C)CC2C2=CCC4C5(C)CC[C@H](O)[C@](C)(/C=N/O)[C@@H]5CCC4(C)[C@]2(C)CC3O)O[C@H]1CO)OC(=O)C[C@@H](O)C[C@H](OC1(O)CO[C@@H](CO)C1O)[C@@H](C)CC. The lowest BCUT2D eigenvalue weighted by Crippen LogP contribution is -2.69. The average molecular weight is 1420 g/mol. The highest BCUT2D eigenvalue weighted by Gasteiger charge is 2.72. The van der Waals surface area contributed by atoms with Crippen molar-refractivity contribution in [1.82, 2.24) is 5.32 Å². The van der Waals surface area contributed by atoms with E-state index in [0.717, 1.165) is 12.0 Å². The van der Waals surface area contributed by atoms with Crippen LogP contribution in [0.5, 0.6) is 0 Å². The highest BCUT2D eigenvalue weighted by Crippen LogP contribution is 2.76. The van der Waals surface area contributed by atoms with Gasteiger partial charge in [-0.15, -0.1) is 5.16 Å². The molecule has 4 saturated heterocycles. The lowest BCUT2D eigenvalue weighted by atomic mass is 9.33. The van der Waals surface area contributed by atoms with E-state index in [1.165, 1.54) is 13.1 Å². The van der Waals surface area contributed by atoms with Crippen LogP contribution in [-0.4, -0.2) is 268 Å². The number of esters is 2. The van der Waals surface area contributed by atoms with E-state index in [9.17, 15) is 86.3 Å². The molecule has 99 heavy (non-hydrogen) atoms. The lowest BCUT2D eigenvalue weighted by molar-refractivity contribution is -0.370. The Balaban J connectivity index is 0.947. The van der Waals surface area contributed by atoms with Gasteiger partial charge >= 0.3 is 11.9 Å². The third kappa shape index (κ3) is 15.2. The maximum absolute atomic E-state index is 15.9.